The molecule has 0 spiro atoms. The molecule has 3 aromatic rings. The van der Waals surface area contributed by atoms with Gasteiger partial charge in [0.1, 0.15) is 11.1 Å². The Morgan fingerprint density at radius 2 is 2.21 bits per heavy atom. The van der Waals surface area contributed by atoms with Crippen LogP contribution in [0.4, 0.5) is 5.00 Å². The second-order valence-corrected chi connectivity index (χ2v) is 7.89. The van der Waals surface area contributed by atoms with Crippen LogP contribution in [-0.4, -0.2) is 34.4 Å². The highest BCUT2D eigenvalue weighted by molar-refractivity contribution is 7.99. The molecule has 150 valence electrons. The van der Waals surface area contributed by atoms with Crippen LogP contribution in [0.2, 0.25) is 0 Å². The Labute approximate surface area is 176 Å². The molecule has 1 aromatic carbocycles. The third-order valence-corrected chi connectivity index (χ3v) is 5.88. The van der Waals surface area contributed by atoms with Gasteiger partial charge in [-0.25, -0.2) is 4.98 Å². The molecule has 0 aliphatic rings. The Morgan fingerprint density at radius 3 is 3.00 bits per heavy atom. The zero-order chi connectivity index (χ0) is 20.6. The number of anilines is 1. The summed E-state index contributed by atoms with van der Waals surface area (Å²) in [6, 6.07) is 10.9. The quantitative estimate of drug-likeness (QED) is 0.318. The van der Waals surface area contributed by atoms with Crippen molar-refractivity contribution in [2.24, 2.45) is 0 Å². The van der Waals surface area contributed by atoms with E-state index in [-0.39, 0.29) is 17.2 Å². The van der Waals surface area contributed by atoms with Crippen LogP contribution in [0, 0.1) is 11.3 Å². The van der Waals surface area contributed by atoms with Gasteiger partial charge in [0.05, 0.1) is 22.2 Å². The zero-order valence-corrected chi connectivity index (χ0v) is 17.5. The number of fused-ring (bicyclic) bond motifs is 1. The van der Waals surface area contributed by atoms with E-state index in [0.29, 0.717) is 52.8 Å². The minimum Gasteiger partial charge on any atom is -0.382 e. The number of nitrogens with zero attached hydrogens (tertiary/aromatic N) is 3. The van der Waals surface area contributed by atoms with Gasteiger partial charge in [-0.15, -0.1) is 11.3 Å². The molecule has 0 fully saturated rings. The fourth-order valence-electron chi connectivity index (χ4n) is 2.71. The molecular formula is C20H20N4O3S2. The van der Waals surface area contributed by atoms with Crippen LogP contribution >= 0.6 is 23.1 Å². The summed E-state index contributed by atoms with van der Waals surface area (Å²) in [4.78, 5) is 29.9. The highest BCUT2D eigenvalue weighted by atomic mass is 32.2. The van der Waals surface area contributed by atoms with Crippen molar-refractivity contribution in [2.45, 2.75) is 25.0 Å². The van der Waals surface area contributed by atoms with Crippen molar-refractivity contribution in [2.75, 3.05) is 24.3 Å². The number of nitriles is 1. The second-order valence-electron chi connectivity index (χ2n) is 6.03. The van der Waals surface area contributed by atoms with E-state index in [1.807, 2.05) is 25.1 Å². The van der Waals surface area contributed by atoms with Gasteiger partial charge in [-0.05, 0) is 36.9 Å². The predicted molar refractivity (Wildman–Crippen MR) is 116 cm³/mol. The van der Waals surface area contributed by atoms with Crippen LogP contribution in [0.25, 0.3) is 10.9 Å². The molecule has 2 aromatic heterocycles. The molecule has 0 unspecified atom stereocenters. The van der Waals surface area contributed by atoms with Crippen LogP contribution in [0.5, 0.6) is 0 Å². The molecule has 0 saturated carbocycles. The maximum atomic E-state index is 12.9. The van der Waals surface area contributed by atoms with Gasteiger partial charge in [0.15, 0.2) is 5.16 Å². The van der Waals surface area contributed by atoms with E-state index in [9.17, 15) is 9.59 Å². The molecule has 0 radical (unpaired) electrons. The topological polar surface area (TPSA) is 97.0 Å². The number of benzene rings is 1. The smallest absolute Gasteiger partial charge is 0.262 e. The van der Waals surface area contributed by atoms with Gasteiger partial charge >= 0.3 is 0 Å². The van der Waals surface area contributed by atoms with Crippen LogP contribution in [-0.2, 0) is 16.1 Å². The molecule has 29 heavy (non-hydrogen) atoms. The van der Waals surface area contributed by atoms with E-state index in [1.54, 1.807) is 28.1 Å². The average Bonchev–Trinajstić information content (AvgIpc) is 3.18. The average molecular weight is 429 g/mol. The SMILES string of the molecule is CCOCCCn1c(SCC(=O)Nc2sccc2C#N)nc2ccccc2c1=O. The summed E-state index contributed by atoms with van der Waals surface area (Å²) in [5.41, 5.74) is 0.913. The van der Waals surface area contributed by atoms with E-state index >= 15 is 0 Å². The summed E-state index contributed by atoms with van der Waals surface area (Å²) in [6.07, 6.45) is 0.675. The molecular weight excluding hydrogens is 408 g/mol. The third-order valence-electron chi connectivity index (χ3n) is 4.07. The number of amides is 1. The Morgan fingerprint density at radius 1 is 1.38 bits per heavy atom. The van der Waals surface area contributed by atoms with Crippen molar-refractivity contribution < 1.29 is 9.53 Å². The molecule has 0 aliphatic carbocycles. The number of thioether (sulfide) groups is 1. The van der Waals surface area contributed by atoms with Crippen LogP contribution < -0.4 is 10.9 Å². The lowest BCUT2D eigenvalue weighted by Crippen LogP contribution is -2.25. The molecule has 9 heteroatoms. The summed E-state index contributed by atoms with van der Waals surface area (Å²) in [7, 11) is 0. The first-order chi connectivity index (χ1) is 14.1. The van der Waals surface area contributed by atoms with Gasteiger partial charge in [0.2, 0.25) is 5.91 Å². The van der Waals surface area contributed by atoms with Crippen LogP contribution in [0.15, 0.2) is 45.7 Å². The highest BCUT2D eigenvalue weighted by Gasteiger charge is 2.14. The van der Waals surface area contributed by atoms with Crippen molar-refractivity contribution in [3.05, 3.63) is 51.6 Å². The molecule has 0 bridgehead atoms. The standard InChI is InChI=1S/C20H20N4O3S2/c1-2-27-10-5-9-24-19(26)15-6-3-4-7-16(15)22-20(24)29-13-17(25)23-18-14(12-21)8-11-28-18/h3-4,6-8,11H,2,5,9-10,13H2,1H3,(H,23,25). The van der Waals surface area contributed by atoms with E-state index in [2.05, 4.69) is 10.3 Å². The number of nitrogens with one attached hydrogen (secondary N) is 1. The van der Waals surface area contributed by atoms with E-state index in [0.717, 1.165) is 0 Å². The second kappa shape index (κ2) is 10.2. The first-order valence-electron chi connectivity index (χ1n) is 9.11. The maximum Gasteiger partial charge on any atom is 0.262 e. The Hall–Kier alpha value is -2.67. The first-order valence-corrected chi connectivity index (χ1v) is 11.0. The highest BCUT2D eigenvalue weighted by Crippen LogP contribution is 2.23. The number of hydrogen-bond donors (Lipinski definition) is 1. The lowest BCUT2D eigenvalue weighted by molar-refractivity contribution is -0.113. The maximum absolute atomic E-state index is 12.9. The van der Waals surface area contributed by atoms with Crippen molar-refractivity contribution >= 4 is 44.9 Å². The molecule has 0 aliphatic heterocycles. The lowest BCUT2D eigenvalue weighted by atomic mass is 10.2. The molecule has 0 saturated heterocycles. The largest absolute Gasteiger partial charge is 0.382 e. The summed E-state index contributed by atoms with van der Waals surface area (Å²) in [5.74, 6) is -0.170. The molecule has 1 amide bonds. The minimum absolute atomic E-state index is 0.0824. The van der Waals surface area contributed by atoms with E-state index < -0.39 is 0 Å². The summed E-state index contributed by atoms with van der Waals surface area (Å²) >= 11 is 2.50. The normalized spacial score (nSPS) is 10.8. The van der Waals surface area contributed by atoms with Gasteiger partial charge in [-0.3, -0.25) is 14.2 Å². The molecule has 3 rings (SSSR count). The van der Waals surface area contributed by atoms with Gasteiger partial charge in [0.25, 0.3) is 5.56 Å². The monoisotopic (exact) mass is 428 g/mol. The fourth-order valence-corrected chi connectivity index (χ4v) is 4.29. The Balaban J connectivity index is 1.78. The van der Waals surface area contributed by atoms with Crippen molar-refractivity contribution in [1.29, 1.82) is 5.26 Å². The number of rotatable bonds is 9. The zero-order valence-electron chi connectivity index (χ0n) is 15.9. The summed E-state index contributed by atoms with van der Waals surface area (Å²) in [5, 5.41) is 15.1. The number of para-hydroxylation sites is 1. The number of thiophene rings is 1. The first kappa shape index (κ1) is 21.0. The fraction of sp³-hybridized carbons (Fsp3) is 0.300. The minimum atomic E-state index is -0.253. The number of ether oxygens (including phenoxy) is 1. The third kappa shape index (κ3) is 5.23. The predicted octanol–water partition coefficient (Wildman–Crippen LogP) is 3.49. The summed E-state index contributed by atoms with van der Waals surface area (Å²) < 4.78 is 6.97. The Kier molecular flexibility index (Phi) is 7.41. The molecule has 1 N–H and O–H groups in total. The van der Waals surface area contributed by atoms with Gasteiger partial charge < -0.3 is 10.1 Å². The van der Waals surface area contributed by atoms with Gasteiger partial charge in [-0.1, -0.05) is 23.9 Å². The van der Waals surface area contributed by atoms with E-state index in [4.69, 9.17) is 10.00 Å². The molecule has 0 atom stereocenters. The van der Waals surface area contributed by atoms with Crippen molar-refractivity contribution in [3.63, 3.8) is 0 Å². The van der Waals surface area contributed by atoms with Crippen LogP contribution in [0.1, 0.15) is 18.9 Å². The number of carbonyl (C=O) groups is 1. The summed E-state index contributed by atoms with van der Waals surface area (Å²) in [6.45, 7) is 3.56. The van der Waals surface area contributed by atoms with Crippen LogP contribution in [0.3, 0.4) is 0 Å². The van der Waals surface area contributed by atoms with Crippen molar-refractivity contribution in [3.8, 4) is 6.07 Å². The van der Waals surface area contributed by atoms with Gasteiger partial charge in [-0.2, -0.15) is 5.26 Å². The number of hydrogen-bond acceptors (Lipinski definition) is 7. The molecule has 2 heterocycles. The van der Waals surface area contributed by atoms with Gasteiger partial charge in [0, 0.05) is 19.8 Å². The molecule has 7 nitrogen and oxygen atoms in total. The lowest BCUT2D eigenvalue weighted by Gasteiger charge is -2.13. The van der Waals surface area contributed by atoms with Crippen molar-refractivity contribution in [1.82, 2.24) is 9.55 Å². The number of carbonyl (C=O) groups excluding carboxylic acids is 1. The van der Waals surface area contributed by atoms with E-state index in [1.165, 1.54) is 23.1 Å². The number of aromatic nitrogens is 2. The Bertz CT molecular complexity index is 1100.